The molecule has 1 aromatic carbocycles. The Labute approximate surface area is 251 Å². The van der Waals surface area contributed by atoms with Crippen molar-refractivity contribution in [2.75, 3.05) is 20.2 Å². The Morgan fingerprint density at radius 1 is 1.02 bits per heavy atom. The second-order valence-electron chi connectivity index (χ2n) is 13.2. The molecule has 0 spiro atoms. The summed E-state index contributed by atoms with van der Waals surface area (Å²) in [6.07, 6.45) is 5.46. The second-order valence-corrected chi connectivity index (χ2v) is 13.2. The summed E-state index contributed by atoms with van der Waals surface area (Å²) in [4.78, 5) is 45.9. The van der Waals surface area contributed by atoms with Gasteiger partial charge in [-0.15, -0.1) is 0 Å². The van der Waals surface area contributed by atoms with Gasteiger partial charge >= 0.3 is 6.09 Å². The van der Waals surface area contributed by atoms with Crippen molar-refractivity contribution < 1.29 is 23.9 Å². The van der Waals surface area contributed by atoms with Crippen LogP contribution in [-0.4, -0.2) is 74.8 Å². The molecule has 1 atom stereocenters. The van der Waals surface area contributed by atoms with Gasteiger partial charge in [0.15, 0.2) is 5.82 Å². The summed E-state index contributed by atoms with van der Waals surface area (Å²) >= 11 is 0. The summed E-state index contributed by atoms with van der Waals surface area (Å²) in [6.45, 7) is 7.24. The van der Waals surface area contributed by atoms with E-state index in [0.717, 1.165) is 56.3 Å². The Bertz CT molecular complexity index is 1560. The molecule has 230 valence electrons. The fourth-order valence-corrected chi connectivity index (χ4v) is 5.86. The molecule has 2 saturated carbocycles. The Morgan fingerprint density at radius 2 is 1.79 bits per heavy atom. The lowest BCUT2D eigenvalue weighted by molar-refractivity contribution is 0.0452. The zero-order valence-corrected chi connectivity index (χ0v) is 25.7. The lowest BCUT2D eigenvalue weighted by Gasteiger charge is -2.33. The van der Waals surface area contributed by atoms with Crippen LogP contribution in [0.4, 0.5) is 4.79 Å². The van der Waals surface area contributed by atoms with E-state index in [1.165, 1.54) is 0 Å². The van der Waals surface area contributed by atoms with Gasteiger partial charge in [0, 0.05) is 44.3 Å². The summed E-state index contributed by atoms with van der Waals surface area (Å²) in [6, 6.07) is 7.52. The van der Waals surface area contributed by atoms with E-state index >= 15 is 0 Å². The van der Waals surface area contributed by atoms with E-state index < -0.39 is 11.7 Å². The fraction of sp³-hybridized carbons (Fsp3) is 0.562. The number of ether oxygens (including phenoxy) is 2. The van der Waals surface area contributed by atoms with Gasteiger partial charge in [-0.25, -0.2) is 9.78 Å². The smallest absolute Gasteiger partial charge is 0.407 e. The highest BCUT2D eigenvalue weighted by molar-refractivity contribution is 6.00. The van der Waals surface area contributed by atoms with Gasteiger partial charge in [0.25, 0.3) is 11.8 Å². The molecule has 3 heterocycles. The van der Waals surface area contributed by atoms with Crippen LogP contribution >= 0.6 is 0 Å². The summed E-state index contributed by atoms with van der Waals surface area (Å²) in [5.74, 6) is 1.64. The van der Waals surface area contributed by atoms with Crippen LogP contribution in [0.15, 0.2) is 24.3 Å². The predicted molar refractivity (Wildman–Crippen MR) is 162 cm³/mol. The maximum Gasteiger partial charge on any atom is 0.407 e. The number of benzene rings is 1. The largest absolute Gasteiger partial charge is 0.494 e. The van der Waals surface area contributed by atoms with Crippen LogP contribution in [-0.2, 0) is 18.3 Å². The molecule has 43 heavy (non-hydrogen) atoms. The van der Waals surface area contributed by atoms with Crippen molar-refractivity contribution in [3.63, 3.8) is 0 Å². The number of carbonyl (C=O) groups is 3. The quantitative estimate of drug-likeness (QED) is 0.399. The van der Waals surface area contributed by atoms with Gasteiger partial charge in [-0.05, 0) is 89.5 Å². The molecular formula is C32H42N6O5. The van der Waals surface area contributed by atoms with Gasteiger partial charge < -0.3 is 34.1 Å². The number of aryl methyl sites for hydroxylation is 1. The minimum atomic E-state index is -0.591. The summed E-state index contributed by atoms with van der Waals surface area (Å²) in [7, 11) is 3.53. The maximum atomic E-state index is 13.7. The van der Waals surface area contributed by atoms with E-state index in [9.17, 15) is 14.4 Å². The van der Waals surface area contributed by atoms with Gasteiger partial charge in [0.2, 0.25) is 0 Å². The van der Waals surface area contributed by atoms with Gasteiger partial charge in [0.1, 0.15) is 22.6 Å². The number of likely N-dealkylation sites (tertiary alicyclic amines) is 1. The lowest BCUT2D eigenvalue weighted by atomic mass is 10.0. The van der Waals surface area contributed by atoms with Crippen molar-refractivity contribution in [3.05, 3.63) is 35.5 Å². The summed E-state index contributed by atoms with van der Waals surface area (Å²) < 4.78 is 15.3. The van der Waals surface area contributed by atoms with Crippen molar-refractivity contribution in [2.24, 2.45) is 13.0 Å². The number of aromatic nitrogens is 3. The summed E-state index contributed by atoms with van der Waals surface area (Å²) in [5.41, 5.74) is 2.83. The molecule has 2 aromatic heterocycles. The first-order chi connectivity index (χ1) is 20.5. The first-order valence-electron chi connectivity index (χ1n) is 15.3. The molecule has 2 N–H and O–H groups in total. The highest BCUT2D eigenvalue weighted by Crippen LogP contribution is 2.36. The van der Waals surface area contributed by atoms with E-state index in [-0.39, 0.29) is 23.9 Å². The number of hydrogen-bond acceptors (Lipinski definition) is 6. The third kappa shape index (κ3) is 6.35. The van der Waals surface area contributed by atoms with Crippen LogP contribution in [0, 0.1) is 5.92 Å². The molecule has 11 nitrogen and oxygen atoms in total. The van der Waals surface area contributed by atoms with Gasteiger partial charge in [-0.3, -0.25) is 9.59 Å². The van der Waals surface area contributed by atoms with Crippen LogP contribution in [0.1, 0.15) is 80.1 Å². The molecule has 3 fully saturated rings. The van der Waals surface area contributed by atoms with Gasteiger partial charge in [0.05, 0.1) is 18.3 Å². The third-order valence-electron chi connectivity index (χ3n) is 8.32. The monoisotopic (exact) mass is 590 g/mol. The first-order valence-corrected chi connectivity index (χ1v) is 15.3. The van der Waals surface area contributed by atoms with Crippen LogP contribution in [0.3, 0.4) is 0 Å². The topological polar surface area (TPSA) is 120 Å². The minimum absolute atomic E-state index is 0.0420. The SMILES string of the molecule is COc1cc(C(=O)N2CCC[C@@H](NC(=O)OC(C)(C)C)C2)cc2nc(-c3ccc(C(=O)NC4CC4)n3CC3CC3)n(C)c12. The average Bonchev–Trinajstić information content (AvgIpc) is 3.87. The standard InChI is InChI=1S/C32H42N6O5/c1-32(2,3)43-31(41)34-22-7-6-14-37(18-22)30(40)20-15-23-27(26(16-20)42-5)36(4)28(35-23)24-12-13-25(29(39)33-21-10-11-21)38(24)17-19-8-9-19/h12-13,15-16,19,21-22H,6-11,14,17-18H2,1-5H3,(H,33,39)(H,34,41)/t22-/m1/s1. The molecule has 1 saturated heterocycles. The number of imidazole rings is 1. The zero-order valence-electron chi connectivity index (χ0n) is 25.7. The molecule has 2 aliphatic carbocycles. The van der Waals surface area contributed by atoms with Crippen molar-refractivity contribution in [2.45, 2.75) is 83.5 Å². The Morgan fingerprint density at radius 3 is 2.47 bits per heavy atom. The third-order valence-corrected chi connectivity index (χ3v) is 8.32. The molecule has 0 bridgehead atoms. The van der Waals surface area contributed by atoms with Crippen LogP contribution < -0.4 is 15.4 Å². The van der Waals surface area contributed by atoms with E-state index in [2.05, 4.69) is 15.2 Å². The zero-order chi connectivity index (χ0) is 30.5. The molecule has 6 rings (SSSR count). The lowest BCUT2D eigenvalue weighted by Crippen LogP contribution is -2.50. The number of nitrogens with one attached hydrogen (secondary N) is 2. The molecular weight excluding hydrogens is 548 g/mol. The van der Waals surface area contributed by atoms with E-state index in [4.69, 9.17) is 14.5 Å². The average molecular weight is 591 g/mol. The normalized spacial score (nSPS) is 18.9. The van der Waals surface area contributed by atoms with Gasteiger partial charge in [-0.2, -0.15) is 0 Å². The minimum Gasteiger partial charge on any atom is -0.494 e. The predicted octanol–water partition coefficient (Wildman–Crippen LogP) is 4.48. The molecule has 3 amide bonds. The van der Waals surface area contributed by atoms with Crippen LogP contribution in [0.25, 0.3) is 22.6 Å². The number of nitrogens with zero attached hydrogens (tertiary/aromatic N) is 4. The summed E-state index contributed by atoms with van der Waals surface area (Å²) in [5, 5.41) is 6.04. The van der Waals surface area contributed by atoms with Crippen molar-refractivity contribution >= 4 is 28.9 Å². The number of alkyl carbamates (subject to hydrolysis) is 1. The molecule has 3 aromatic rings. The fourth-order valence-electron chi connectivity index (χ4n) is 5.86. The highest BCUT2D eigenvalue weighted by atomic mass is 16.6. The number of rotatable bonds is 8. The molecule has 1 aliphatic heterocycles. The van der Waals surface area contributed by atoms with Crippen molar-refractivity contribution in [1.29, 1.82) is 0 Å². The molecule has 0 radical (unpaired) electrons. The second kappa shape index (κ2) is 11.2. The number of carbonyl (C=O) groups excluding carboxylic acids is 3. The first kappa shape index (κ1) is 29.1. The Kier molecular flexibility index (Phi) is 7.60. The number of methoxy groups -OCH3 is 1. The maximum absolute atomic E-state index is 13.7. The Balaban J connectivity index is 1.28. The molecule has 3 aliphatic rings. The molecule has 11 heteroatoms. The number of amides is 3. The van der Waals surface area contributed by atoms with E-state index in [0.29, 0.717) is 47.4 Å². The van der Waals surface area contributed by atoms with Crippen LogP contribution in [0.5, 0.6) is 5.75 Å². The Hall–Kier alpha value is -4.02. The number of fused-ring (bicyclic) bond motifs is 1. The molecule has 0 unspecified atom stereocenters. The van der Waals surface area contributed by atoms with Crippen molar-refractivity contribution in [3.8, 4) is 17.3 Å². The van der Waals surface area contributed by atoms with Crippen molar-refractivity contribution in [1.82, 2.24) is 29.7 Å². The van der Waals surface area contributed by atoms with Gasteiger partial charge in [-0.1, -0.05) is 0 Å². The van der Waals surface area contributed by atoms with E-state index in [1.807, 2.05) is 50.6 Å². The number of piperidine rings is 1. The number of hydrogen-bond donors (Lipinski definition) is 2. The van der Waals surface area contributed by atoms with E-state index in [1.54, 1.807) is 18.1 Å². The van der Waals surface area contributed by atoms with Crippen LogP contribution in [0.2, 0.25) is 0 Å². The highest BCUT2D eigenvalue weighted by Gasteiger charge is 2.31.